The third-order valence-electron chi connectivity index (χ3n) is 7.18. The molecular weight excluding hydrogens is 549 g/mol. The van der Waals surface area contributed by atoms with E-state index in [1.54, 1.807) is 48.7 Å². The molecule has 10 nitrogen and oxygen atoms in total. The van der Waals surface area contributed by atoms with Gasteiger partial charge in [0.1, 0.15) is 17.7 Å². The average molecular weight is 580 g/mol. The molecule has 0 saturated carbocycles. The zero-order valence-electron chi connectivity index (χ0n) is 22.4. The van der Waals surface area contributed by atoms with E-state index >= 15 is 0 Å². The van der Waals surface area contributed by atoms with Crippen molar-refractivity contribution in [1.82, 2.24) is 15.5 Å². The number of nitrogens with one attached hydrogen (secondary N) is 3. The highest BCUT2D eigenvalue weighted by atomic mass is 32.1. The Morgan fingerprint density at radius 3 is 2.44 bits per heavy atom. The van der Waals surface area contributed by atoms with E-state index in [9.17, 15) is 18.8 Å². The highest BCUT2D eigenvalue weighted by Gasteiger charge is 2.52. The molecule has 3 heterocycles. The van der Waals surface area contributed by atoms with Crippen LogP contribution in [0.4, 0.5) is 4.39 Å². The van der Waals surface area contributed by atoms with Gasteiger partial charge in [-0.1, -0.05) is 24.3 Å². The van der Waals surface area contributed by atoms with Gasteiger partial charge in [0.05, 0.1) is 32.8 Å². The first-order valence-electron chi connectivity index (χ1n) is 13.1. The topological polar surface area (TPSA) is 147 Å². The maximum absolute atomic E-state index is 13.9. The van der Waals surface area contributed by atoms with Crippen molar-refractivity contribution in [1.29, 1.82) is 5.41 Å². The molecule has 12 heteroatoms. The van der Waals surface area contributed by atoms with E-state index in [0.29, 0.717) is 35.5 Å². The Labute approximate surface area is 240 Å². The largest absolute Gasteiger partial charge is 0.384 e. The molecule has 2 fully saturated rings. The molecule has 1 spiro atoms. The number of nitrogens with zero attached hydrogens (tertiary/aromatic N) is 1. The van der Waals surface area contributed by atoms with Gasteiger partial charge in [-0.3, -0.25) is 19.8 Å². The maximum Gasteiger partial charge on any atom is 0.251 e. The third-order valence-corrected chi connectivity index (χ3v) is 8.12. The van der Waals surface area contributed by atoms with Crippen LogP contribution in [0.3, 0.4) is 0 Å². The monoisotopic (exact) mass is 579 g/mol. The van der Waals surface area contributed by atoms with Crippen LogP contribution in [0.5, 0.6) is 0 Å². The molecule has 3 amide bonds. The van der Waals surface area contributed by atoms with Crippen molar-refractivity contribution < 1.29 is 28.2 Å². The fourth-order valence-electron chi connectivity index (χ4n) is 4.89. The molecule has 2 aliphatic heterocycles. The second kappa shape index (κ2) is 11.8. The summed E-state index contributed by atoms with van der Waals surface area (Å²) >= 11 is 1.37. The van der Waals surface area contributed by atoms with Crippen LogP contribution in [-0.2, 0) is 25.6 Å². The number of carbonyl (C=O) groups excluding carboxylic acids is 3. The summed E-state index contributed by atoms with van der Waals surface area (Å²) in [5, 5.41) is 14.7. The minimum atomic E-state index is -1.06. The molecule has 2 aromatic carbocycles. The Morgan fingerprint density at radius 2 is 1.78 bits per heavy atom. The zero-order chi connectivity index (χ0) is 29.1. The summed E-state index contributed by atoms with van der Waals surface area (Å²) in [6.07, 6.45) is 0.169. The molecule has 2 saturated heterocycles. The molecule has 0 unspecified atom stereocenters. The SMILES string of the molecule is Cc1ccc(-c2ccc(C(=O)NCC(=O)N3CC4(C[C@H]3C(=O)NCc3cc(C(=N)N)cs3)OCCO4)cc2)cc1F. The Kier molecular flexibility index (Phi) is 8.15. The molecule has 1 aromatic heterocycles. The van der Waals surface area contributed by atoms with E-state index in [1.165, 1.54) is 22.3 Å². The lowest BCUT2D eigenvalue weighted by Gasteiger charge is -2.24. The Morgan fingerprint density at radius 1 is 1.07 bits per heavy atom. The molecule has 0 bridgehead atoms. The van der Waals surface area contributed by atoms with Crippen molar-refractivity contribution in [2.45, 2.75) is 31.7 Å². The lowest BCUT2D eigenvalue weighted by Crippen LogP contribution is -2.49. The molecule has 2 aliphatic rings. The highest BCUT2D eigenvalue weighted by Crippen LogP contribution is 2.35. The standard InChI is InChI=1S/C29H30FN5O5S/c1-17-2-3-20(11-23(17)30)18-4-6-19(7-5-18)27(37)34-14-25(36)35-16-29(39-8-9-40-29)12-24(35)28(38)33-13-22-10-21(15-41-22)26(31)32/h2-7,10-11,15,24H,8-9,12-14,16H2,1H3,(H3,31,32)(H,33,38)(H,34,37)/t24-/m0/s1. The summed E-state index contributed by atoms with van der Waals surface area (Å²) in [5.74, 6) is -2.69. The Hall–Kier alpha value is -4.13. The van der Waals surface area contributed by atoms with Crippen LogP contribution in [0.15, 0.2) is 53.9 Å². The average Bonchev–Trinajstić information content (AvgIpc) is 3.72. The van der Waals surface area contributed by atoms with Crippen LogP contribution >= 0.6 is 11.3 Å². The van der Waals surface area contributed by atoms with Crippen molar-refractivity contribution in [3.63, 3.8) is 0 Å². The van der Waals surface area contributed by atoms with Crippen LogP contribution in [0.2, 0.25) is 0 Å². The zero-order valence-corrected chi connectivity index (χ0v) is 23.2. The van der Waals surface area contributed by atoms with Crippen molar-refractivity contribution in [2.24, 2.45) is 5.73 Å². The number of ether oxygens (including phenoxy) is 2. The number of hydrogen-bond donors (Lipinski definition) is 4. The maximum atomic E-state index is 13.9. The number of amides is 3. The summed E-state index contributed by atoms with van der Waals surface area (Å²) in [6.45, 7) is 2.37. The molecule has 0 aliphatic carbocycles. The third kappa shape index (κ3) is 6.29. The second-order valence-corrected chi connectivity index (χ2v) is 11.0. The number of benzene rings is 2. The predicted octanol–water partition coefficient (Wildman–Crippen LogP) is 2.54. The van der Waals surface area contributed by atoms with Crippen LogP contribution in [-0.4, -0.2) is 66.6 Å². The molecule has 1 atom stereocenters. The summed E-state index contributed by atoms with van der Waals surface area (Å²) < 4.78 is 25.5. The number of nitrogens with two attached hydrogens (primary N) is 1. The fourth-order valence-corrected chi connectivity index (χ4v) is 5.72. The van der Waals surface area contributed by atoms with E-state index in [-0.39, 0.29) is 43.6 Å². The van der Waals surface area contributed by atoms with Gasteiger partial charge in [0.2, 0.25) is 11.8 Å². The number of hydrogen-bond acceptors (Lipinski definition) is 7. The van der Waals surface area contributed by atoms with Crippen molar-refractivity contribution in [2.75, 3.05) is 26.3 Å². The summed E-state index contributed by atoms with van der Waals surface area (Å²) in [4.78, 5) is 41.4. The number of carbonyl (C=O) groups is 3. The summed E-state index contributed by atoms with van der Waals surface area (Å²) in [7, 11) is 0. The van der Waals surface area contributed by atoms with E-state index < -0.39 is 23.6 Å². The number of aryl methyl sites for hydroxylation is 1. The van der Waals surface area contributed by atoms with E-state index in [1.807, 2.05) is 6.07 Å². The van der Waals surface area contributed by atoms with Crippen molar-refractivity contribution in [3.8, 4) is 11.1 Å². The first-order valence-corrected chi connectivity index (χ1v) is 13.9. The fraction of sp³-hybridized carbons (Fsp3) is 0.310. The smallest absolute Gasteiger partial charge is 0.251 e. The first kappa shape index (κ1) is 28.4. The normalized spacial score (nSPS) is 17.5. The van der Waals surface area contributed by atoms with Crippen LogP contribution in [0.25, 0.3) is 11.1 Å². The molecule has 214 valence electrons. The van der Waals surface area contributed by atoms with Gasteiger partial charge in [-0.2, -0.15) is 0 Å². The highest BCUT2D eigenvalue weighted by molar-refractivity contribution is 7.10. The molecule has 41 heavy (non-hydrogen) atoms. The van der Waals surface area contributed by atoms with Gasteiger partial charge in [0.25, 0.3) is 5.91 Å². The minimum absolute atomic E-state index is 0.0523. The number of halogens is 1. The van der Waals surface area contributed by atoms with E-state index in [0.717, 1.165) is 10.4 Å². The van der Waals surface area contributed by atoms with Gasteiger partial charge in [-0.25, -0.2) is 4.39 Å². The molecule has 5 rings (SSSR count). The lowest BCUT2D eigenvalue weighted by atomic mass is 10.0. The molecule has 0 radical (unpaired) electrons. The van der Waals surface area contributed by atoms with Crippen molar-refractivity contribution >= 4 is 34.9 Å². The number of thiophene rings is 1. The van der Waals surface area contributed by atoms with E-state index in [2.05, 4.69) is 10.6 Å². The molecule has 3 aromatic rings. The van der Waals surface area contributed by atoms with Crippen LogP contribution in [0, 0.1) is 18.2 Å². The quantitative estimate of drug-likeness (QED) is 0.238. The predicted molar refractivity (Wildman–Crippen MR) is 151 cm³/mol. The summed E-state index contributed by atoms with van der Waals surface area (Å²) in [6, 6.07) is 12.5. The Balaban J connectivity index is 1.21. The first-order chi connectivity index (χ1) is 19.6. The minimum Gasteiger partial charge on any atom is -0.384 e. The van der Waals surface area contributed by atoms with Gasteiger partial charge in [0.15, 0.2) is 5.79 Å². The summed E-state index contributed by atoms with van der Waals surface area (Å²) in [5.41, 5.74) is 8.43. The number of nitrogen functional groups attached to an aromatic ring is 1. The van der Waals surface area contributed by atoms with Crippen LogP contribution in [0.1, 0.15) is 32.8 Å². The molecular formula is C29H30FN5O5S. The molecule has 5 N–H and O–H groups in total. The number of amidine groups is 1. The van der Waals surface area contributed by atoms with Gasteiger partial charge in [0, 0.05) is 27.8 Å². The Bertz CT molecular complexity index is 1480. The second-order valence-electron chi connectivity index (χ2n) is 10.0. The lowest BCUT2D eigenvalue weighted by molar-refractivity contribution is -0.152. The number of likely N-dealkylation sites (tertiary alicyclic amines) is 1. The van der Waals surface area contributed by atoms with Gasteiger partial charge in [-0.05, 0) is 47.9 Å². The number of rotatable bonds is 8. The van der Waals surface area contributed by atoms with Gasteiger partial charge >= 0.3 is 0 Å². The van der Waals surface area contributed by atoms with Gasteiger partial charge < -0.3 is 30.7 Å². The van der Waals surface area contributed by atoms with Crippen LogP contribution < -0.4 is 16.4 Å². The van der Waals surface area contributed by atoms with Gasteiger partial charge in [-0.15, -0.1) is 11.3 Å². The van der Waals surface area contributed by atoms with Crippen molar-refractivity contribution in [3.05, 3.63) is 81.3 Å². The van der Waals surface area contributed by atoms with E-state index in [4.69, 9.17) is 20.6 Å².